The van der Waals surface area contributed by atoms with Crippen molar-refractivity contribution >= 4 is 11.9 Å². The molecule has 2 fully saturated rings. The molecule has 1 aromatic carbocycles. The van der Waals surface area contributed by atoms with E-state index in [4.69, 9.17) is 9.47 Å². The first kappa shape index (κ1) is 24.8. The molecule has 1 aromatic rings. The van der Waals surface area contributed by atoms with Crippen LogP contribution in [0.4, 0.5) is 0 Å². The van der Waals surface area contributed by atoms with E-state index in [2.05, 4.69) is 18.9 Å². The number of carbonyl (C=O) groups excluding carboxylic acids is 2. The van der Waals surface area contributed by atoms with Crippen molar-refractivity contribution in [3.63, 3.8) is 0 Å². The van der Waals surface area contributed by atoms with Gasteiger partial charge in [-0.05, 0) is 44.7 Å². The maximum atomic E-state index is 13.1. The Bertz CT molecular complexity index is 693. The van der Waals surface area contributed by atoms with Crippen LogP contribution in [-0.4, -0.2) is 48.7 Å². The van der Waals surface area contributed by atoms with Crippen molar-refractivity contribution in [3.05, 3.63) is 35.9 Å². The predicted octanol–water partition coefficient (Wildman–Crippen LogP) is 5.62. The Morgan fingerprint density at radius 2 is 1.59 bits per heavy atom. The largest absolute Gasteiger partial charge is 0.464 e. The lowest BCUT2D eigenvalue weighted by Crippen LogP contribution is -2.44. The minimum atomic E-state index is -0.563. The van der Waals surface area contributed by atoms with Gasteiger partial charge in [0.2, 0.25) is 0 Å². The highest BCUT2D eigenvalue weighted by atomic mass is 16.6. The first-order valence-electron chi connectivity index (χ1n) is 12.7. The second kappa shape index (κ2) is 13.0. The van der Waals surface area contributed by atoms with Crippen LogP contribution in [0.2, 0.25) is 0 Å². The average molecular weight is 444 g/mol. The molecule has 2 aliphatic rings. The normalized spacial score (nSPS) is 23.6. The Balaban J connectivity index is 1.46. The van der Waals surface area contributed by atoms with Gasteiger partial charge in [0.05, 0.1) is 0 Å². The molecule has 3 rings (SSSR count). The molecule has 2 bridgehead atoms. The van der Waals surface area contributed by atoms with Gasteiger partial charge in [0.25, 0.3) is 0 Å². The third-order valence-electron chi connectivity index (χ3n) is 7.22. The van der Waals surface area contributed by atoms with E-state index in [1.807, 2.05) is 30.3 Å². The second-order valence-electron chi connectivity index (χ2n) is 9.60. The van der Waals surface area contributed by atoms with Crippen LogP contribution in [0, 0.1) is 0 Å². The van der Waals surface area contributed by atoms with Crippen LogP contribution in [0.5, 0.6) is 0 Å². The van der Waals surface area contributed by atoms with Gasteiger partial charge < -0.3 is 14.4 Å². The summed E-state index contributed by atoms with van der Waals surface area (Å²) < 4.78 is 11.5. The van der Waals surface area contributed by atoms with Crippen molar-refractivity contribution in [3.8, 4) is 0 Å². The fourth-order valence-corrected chi connectivity index (χ4v) is 5.16. The summed E-state index contributed by atoms with van der Waals surface area (Å²) in [5.74, 6) is -1.05. The van der Waals surface area contributed by atoms with Crippen LogP contribution in [0.25, 0.3) is 0 Å². The van der Waals surface area contributed by atoms with Gasteiger partial charge in [0.1, 0.15) is 18.6 Å². The summed E-state index contributed by atoms with van der Waals surface area (Å²) in [5.41, 5.74) is 0.845. The minimum Gasteiger partial charge on any atom is -0.464 e. The van der Waals surface area contributed by atoms with Crippen molar-refractivity contribution in [2.24, 2.45) is 0 Å². The van der Waals surface area contributed by atoms with E-state index in [0.29, 0.717) is 18.5 Å². The molecule has 0 amide bonds. The lowest BCUT2D eigenvalue weighted by atomic mass is 9.98. The Kier molecular flexibility index (Phi) is 10.0. The molecular weight excluding hydrogens is 402 g/mol. The highest BCUT2D eigenvalue weighted by Gasteiger charge is 2.40. The standard InChI is InChI=1S/C27H41NO4/c1-3-4-5-6-7-8-12-15-26(29)31-20-25(21-13-10-9-11-14-21)27(30)32-24-18-22-16-17-23(19-24)28(22)2/h9-11,13-14,22-25H,3-8,12,15-20H2,1-2H3/t22-,23+,24+,25?. The monoisotopic (exact) mass is 443 g/mol. The molecule has 4 atom stereocenters. The van der Waals surface area contributed by atoms with Gasteiger partial charge in [-0.25, -0.2) is 0 Å². The van der Waals surface area contributed by atoms with Crippen LogP contribution in [0.15, 0.2) is 30.3 Å². The molecule has 2 saturated heterocycles. The quantitative estimate of drug-likeness (QED) is 0.292. The topological polar surface area (TPSA) is 55.8 Å². The molecule has 0 aliphatic carbocycles. The Labute approximate surface area is 193 Å². The van der Waals surface area contributed by atoms with Gasteiger partial charge in [-0.15, -0.1) is 0 Å². The molecular formula is C27H41NO4. The molecule has 5 nitrogen and oxygen atoms in total. The predicted molar refractivity (Wildman–Crippen MR) is 126 cm³/mol. The summed E-state index contributed by atoms with van der Waals surface area (Å²) in [6.07, 6.45) is 12.7. The van der Waals surface area contributed by atoms with Crippen molar-refractivity contribution < 1.29 is 19.1 Å². The van der Waals surface area contributed by atoms with E-state index in [1.165, 1.54) is 44.9 Å². The number of hydrogen-bond donors (Lipinski definition) is 0. The number of nitrogens with zero attached hydrogens (tertiary/aromatic N) is 1. The van der Waals surface area contributed by atoms with Gasteiger partial charge >= 0.3 is 11.9 Å². The summed E-state index contributed by atoms with van der Waals surface area (Å²) in [4.78, 5) is 27.8. The van der Waals surface area contributed by atoms with E-state index in [-0.39, 0.29) is 24.6 Å². The third-order valence-corrected chi connectivity index (χ3v) is 7.22. The number of piperidine rings is 1. The van der Waals surface area contributed by atoms with E-state index in [9.17, 15) is 9.59 Å². The molecule has 32 heavy (non-hydrogen) atoms. The highest BCUT2D eigenvalue weighted by molar-refractivity contribution is 5.79. The van der Waals surface area contributed by atoms with Crippen LogP contribution in [-0.2, 0) is 19.1 Å². The number of hydrogen-bond acceptors (Lipinski definition) is 5. The molecule has 2 aliphatic heterocycles. The van der Waals surface area contributed by atoms with Crippen molar-refractivity contribution in [2.45, 2.75) is 108 Å². The first-order chi connectivity index (χ1) is 15.6. The highest BCUT2D eigenvalue weighted by Crippen LogP contribution is 2.36. The fourth-order valence-electron chi connectivity index (χ4n) is 5.16. The SMILES string of the molecule is CCCCCCCCCC(=O)OCC(C(=O)O[C@H]1C[C@H]2CC[C@@H](C1)N2C)c1ccccc1. The maximum Gasteiger partial charge on any atom is 0.317 e. The second-order valence-corrected chi connectivity index (χ2v) is 9.60. The van der Waals surface area contributed by atoms with E-state index >= 15 is 0 Å². The lowest BCUT2D eigenvalue weighted by Gasteiger charge is -2.36. The molecule has 0 N–H and O–H groups in total. The fraction of sp³-hybridized carbons (Fsp3) is 0.704. The van der Waals surface area contributed by atoms with Crippen molar-refractivity contribution in [1.82, 2.24) is 4.90 Å². The zero-order valence-electron chi connectivity index (χ0n) is 20.0. The summed E-state index contributed by atoms with van der Waals surface area (Å²) in [6, 6.07) is 10.6. The lowest BCUT2D eigenvalue weighted by molar-refractivity contribution is -0.158. The molecule has 5 heteroatoms. The van der Waals surface area contributed by atoms with Crippen molar-refractivity contribution in [1.29, 1.82) is 0 Å². The van der Waals surface area contributed by atoms with Crippen molar-refractivity contribution in [2.75, 3.05) is 13.7 Å². The van der Waals surface area contributed by atoms with E-state index in [0.717, 1.165) is 31.2 Å². The van der Waals surface area contributed by atoms with E-state index in [1.54, 1.807) is 0 Å². The molecule has 0 radical (unpaired) electrons. The Morgan fingerprint density at radius 1 is 0.969 bits per heavy atom. The van der Waals surface area contributed by atoms with Crippen LogP contribution in [0.1, 0.15) is 95.5 Å². The summed E-state index contributed by atoms with van der Waals surface area (Å²) in [6.45, 7) is 2.27. The van der Waals surface area contributed by atoms with E-state index < -0.39 is 5.92 Å². The van der Waals surface area contributed by atoms with Gasteiger partial charge in [0, 0.05) is 18.5 Å². The molecule has 2 heterocycles. The Morgan fingerprint density at radius 3 is 2.25 bits per heavy atom. The average Bonchev–Trinajstić information content (AvgIpc) is 2.99. The van der Waals surface area contributed by atoms with Gasteiger partial charge in [-0.1, -0.05) is 75.8 Å². The zero-order chi connectivity index (χ0) is 22.8. The number of carbonyl (C=O) groups is 2. The van der Waals surface area contributed by atoms with Crippen LogP contribution in [0.3, 0.4) is 0 Å². The van der Waals surface area contributed by atoms with Gasteiger partial charge in [0.15, 0.2) is 0 Å². The number of fused-ring (bicyclic) bond motifs is 2. The van der Waals surface area contributed by atoms with Gasteiger partial charge in [-0.2, -0.15) is 0 Å². The summed E-state index contributed by atoms with van der Waals surface area (Å²) >= 11 is 0. The molecule has 0 spiro atoms. The van der Waals surface area contributed by atoms with Gasteiger partial charge in [-0.3, -0.25) is 9.59 Å². The molecule has 178 valence electrons. The number of esters is 2. The molecule has 0 aromatic heterocycles. The van der Waals surface area contributed by atoms with Crippen LogP contribution < -0.4 is 0 Å². The number of rotatable bonds is 13. The number of ether oxygens (including phenoxy) is 2. The molecule has 0 saturated carbocycles. The Hall–Kier alpha value is -1.88. The zero-order valence-corrected chi connectivity index (χ0v) is 20.0. The smallest absolute Gasteiger partial charge is 0.317 e. The molecule has 1 unspecified atom stereocenters. The number of benzene rings is 1. The summed E-state index contributed by atoms with van der Waals surface area (Å²) in [7, 11) is 2.18. The van der Waals surface area contributed by atoms with Crippen LogP contribution >= 0.6 is 0 Å². The number of unbranched alkanes of at least 4 members (excludes halogenated alkanes) is 6. The first-order valence-corrected chi connectivity index (χ1v) is 12.7. The summed E-state index contributed by atoms with van der Waals surface area (Å²) in [5, 5.41) is 0. The maximum absolute atomic E-state index is 13.1. The minimum absolute atomic E-state index is 0.0363. The third kappa shape index (κ3) is 7.33.